The van der Waals surface area contributed by atoms with Gasteiger partial charge in [0.1, 0.15) is 17.1 Å². The minimum atomic E-state index is -1.18. The van der Waals surface area contributed by atoms with E-state index in [1.165, 1.54) is 31.2 Å². The smallest absolute Gasteiger partial charge is 0.342 e. The molecular weight excluding hydrogens is 360 g/mol. The molecule has 1 atom stereocenters. The number of benzene rings is 2. The van der Waals surface area contributed by atoms with Crippen molar-refractivity contribution in [2.75, 3.05) is 5.32 Å². The Morgan fingerprint density at radius 2 is 1.92 bits per heavy atom. The molecule has 0 unspecified atom stereocenters. The van der Waals surface area contributed by atoms with Gasteiger partial charge >= 0.3 is 5.97 Å². The fourth-order valence-electron chi connectivity index (χ4n) is 1.77. The summed E-state index contributed by atoms with van der Waals surface area (Å²) in [5, 5.41) is 12.3. The number of hydrogen-bond donors (Lipinski definition) is 2. The maximum atomic E-state index is 13.0. The molecule has 0 saturated carbocycles. The van der Waals surface area contributed by atoms with Crippen molar-refractivity contribution in [2.24, 2.45) is 0 Å². The molecule has 2 aromatic carbocycles. The monoisotopic (exact) mass is 371 g/mol. The second kappa shape index (κ2) is 7.51. The van der Waals surface area contributed by atoms with Gasteiger partial charge in [-0.15, -0.1) is 0 Å². The zero-order valence-electron chi connectivity index (χ0n) is 12.3. The maximum Gasteiger partial charge on any atom is 0.342 e. The van der Waals surface area contributed by atoms with E-state index in [0.717, 1.165) is 12.1 Å². The predicted molar refractivity (Wildman–Crippen MR) is 88.0 cm³/mol. The van der Waals surface area contributed by atoms with Gasteiger partial charge in [0.2, 0.25) is 0 Å². The number of phenolic OH excluding ortho intramolecular Hbond substituents is 1. The van der Waals surface area contributed by atoms with Crippen molar-refractivity contribution >= 4 is 40.8 Å². The van der Waals surface area contributed by atoms with Gasteiger partial charge in [0, 0.05) is 5.02 Å². The van der Waals surface area contributed by atoms with Gasteiger partial charge in [0.25, 0.3) is 5.91 Å². The number of phenols is 1. The molecule has 0 aliphatic rings. The Hall–Kier alpha value is -2.31. The molecule has 0 spiro atoms. The zero-order chi connectivity index (χ0) is 17.9. The predicted octanol–water partition coefficient (Wildman–Crippen LogP) is 4.02. The lowest BCUT2D eigenvalue weighted by molar-refractivity contribution is -0.123. The van der Waals surface area contributed by atoms with Crippen LogP contribution in [0.15, 0.2) is 36.4 Å². The first kappa shape index (κ1) is 18.0. The molecule has 0 radical (unpaired) electrons. The molecule has 0 aliphatic heterocycles. The molecule has 24 heavy (non-hydrogen) atoms. The Kier molecular flexibility index (Phi) is 5.64. The average molecular weight is 372 g/mol. The Labute approximate surface area is 147 Å². The van der Waals surface area contributed by atoms with Crippen molar-refractivity contribution in [3.8, 4) is 5.75 Å². The van der Waals surface area contributed by atoms with E-state index in [4.69, 9.17) is 27.9 Å². The number of ether oxygens (including phenoxy) is 1. The Morgan fingerprint density at radius 3 is 2.58 bits per heavy atom. The second-order valence-electron chi connectivity index (χ2n) is 4.82. The minimum absolute atomic E-state index is 0.00867. The number of aromatic hydroxyl groups is 1. The molecule has 2 N–H and O–H groups in total. The summed E-state index contributed by atoms with van der Waals surface area (Å²) in [5.74, 6) is -2.45. The first-order chi connectivity index (χ1) is 11.3. The maximum absolute atomic E-state index is 13.0. The molecule has 0 bridgehead atoms. The molecule has 8 heteroatoms. The summed E-state index contributed by atoms with van der Waals surface area (Å²) >= 11 is 11.6. The van der Waals surface area contributed by atoms with E-state index >= 15 is 0 Å². The summed E-state index contributed by atoms with van der Waals surface area (Å²) in [6, 6.07) is 7.32. The number of amides is 1. The Balaban J connectivity index is 2.05. The van der Waals surface area contributed by atoms with Gasteiger partial charge in [0.05, 0.1) is 10.7 Å². The van der Waals surface area contributed by atoms with Crippen LogP contribution in [-0.2, 0) is 9.53 Å². The van der Waals surface area contributed by atoms with E-state index in [1.54, 1.807) is 0 Å². The number of nitrogens with one attached hydrogen (secondary N) is 1. The molecule has 0 aromatic heterocycles. The highest BCUT2D eigenvalue weighted by atomic mass is 35.5. The lowest BCUT2D eigenvalue weighted by Crippen LogP contribution is -2.30. The van der Waals surface area contributed by atoms with Crippen LogP contribution in [0.25, 0.3) is 0 Å². The summed E-state index contributed by atoms with van der Waals surface area (Å²) in [6.45, 7) is 1.34. The average Bonchev–Trinajstić information content (AvgIpc) is 2.52. The number of halogens is 3. The molecule has 0 fully saturated rings. The van der Waals surface area contributed by atoms with Crippen molar-refractivity contribution in [3.63, 3.8) is 0 Å². The molecule has 1 amide bonds. The largest absolute Gasteiger partial charge is 0.507 e. The van der Waals surface area contributed by atoms with Crippen molar-refractivity contribution in [3.05, 3.63) is 57.8 Å². The molecule has 126 valence electrons. The van der Waals surface area contributed by atoms with E-state index in [2.05, 4.69) is 5.32 Å². The van der Waals surface area contributed by atoms with Crippen LogP contribution in [0.2, 0.25) is 10.0 Å². The number of carbonyl (C=O) groups is 2. The van der Waals surface area contributed by atoms with Crippen molar-refractivity contribution in [1.82, 2.24) is 0 Å². The highest BCUT2D eigenvalue weighted by molar-refractivity contribution is 6.33. The van der Waals surface area contributed by atoms with Crippen molar-refractivity contribution in [1.29, 1.82) is 0 Å². The van der Waals surface area contributed by atoms with Crippen molar-refractivity contribution < 1.29 is 23.8 Å². The van der Waals surface area contributed by atoms with Crippen LogP contribution in [0.5, 0.6) is 5.75 Å². The fourth-order valence-corrected chi connectivity index (χ4v) is 2.16. The van der Waals surface area contributed by atoms with Gasteiger partial charge in [-0.05, 0) is 43.3 Å². The van der Waals surface area contributed by atoms with Crippen molar-refractivity contribution in [2.45, 2.75) is 13.0 Å². The molecule has 0 heterocycles. The number of rotatable bonds is 4. The normalized spacial score (nSPS) is 11.7. The lowest BCUT2D eigenvalue weighted by atomic mass is 10.2. The lowest BCUT2D eigenvalue weighted by Gasteiger charge is -2.14. The quantitative estimate of drug-likeness (QED) is 0.795. The second-order valence-corrected chi connectivity index (χ2v) is 5.67. The molecule has 2 aromatic rings. The highest BCUT2D eigenvalue weighted by Gasteiger charge is 2.22. The van der Waals surface area contributed by atoms with Crippen LogP contribution in [0.1, 0.15) is 17.3 Å². The van der Waals surface area contributed by atoms with Gasteiger partial charge in [-0.25, -0.2) is 9.18 Å². The third kappa shape index (κ3) is 4.37. The fraction of sp³-hybridized carbons (Fsp3) is 0.125. The third-order valence-electron chi connectivity index (χ3n) is 3.02. The van der Waals surface area contributed by atoms with Crippen LogP contribution >= 0.6 is 23.2 Å². The van der Waals surface area contributed by atoms with Crippen LogP contribution in [-0.4, -0.2) is 23.1 Å². The van der Waals surface area contributed by atoms with Gasteiger partial charge in [-0.2, -0.15) is 0 Å². The molecule has 2 rings (SSSR count). The third-order valence-corrected chi connectivity index (χ3v) is 3.57. The number of hydrogen-bond acceptors (Lipinski definition) is 4. The van der Waals surface area contributed by atoms with E-state index in [9.17, 15) is 19.1 Å². The number of anilines is 1. The van der Waals surface area contributed by atoms with Gasteiger partial charge in [0.15, 0.2) is 6.10 Å². The number of esters is 1. The van der Waals surface area contributed by atoms with Crippen LogP contribution in [0.4, 0.5) is 10.1 Å². The molecule has 0 saturated heterocycles. The van der Waals surface area contributed by atoms with E-state index in [1.807, 2.05) is 0 Å². The van der Waals surface area contributed by atoms with Crippen LogP contribution < -0.4 is 5.32 Å². The van der Waals surface area contributed by atoms with Crippen LogP contribution in [0, 0.1) is 5.82 Å². The van der Waals surface area contributed by atoms with Gasteiger partial charge < -0.3 is 15.2 Å². The highest BCUT2D eigenvalue weighted by Crippen LogP contribution is 2.24. The number of carbonyl (C=O) groups excluding carboxylic acids is 2. The zero-order valence-corrected chi connectivity index (χ0v) is 13.9. The first-order valence-electron chi connectivity index (χ1n) is 6.73. The topological polar surface area (TPSA) is 75.6 Å². The van der Waals surface area contributed by atoms with Crippen LogP contribution in [0.3, 0.4) is 0 Å². The summed E-state index contributed by atoms with van der Waals surface area (Å²) < 4.78 is 18.0. The van der Waals surface area contributed by atoms with E-state index in [-0.39, 0.29) is 27.0 Å². The Morgan fingerprint density at radius 1 is 1.21 bits per heavy atom. The summed E-state index contributed by atoms with van der Waals surface area (Å²) in [4.78, 5) is 24.0. The van der Waals surface area contributed by atoms with E-state index < -0.39 is 23.8 Å². The first-order valence-corrected chi connectivity index (χ1v) is 7.49. The molecule has 5 nitrogen and oxygen atoms in total. The van der Waals surface area contributed by atoms with Gasteiger partial charge in [-0.3, -0.25) is 4.79 Å². The van der Waals surface area contributed by atoms with Gasteiger partial charge in [-0.1, -0.05) is 23.2 Å². The minimum Gasteiger partial charge on any atom is -0.507 e. The van der Waals surface area contributed by atoms with E-state index in [0.29, 0.717) is 0 Å². The summed E-state index contributed by atoms with van der Waals surface area (Å²) in [5.41, 5.74) is 0.0125. The molecule has 0 aliphatic carbocycles. The summed E-state index contributed by atoms with van der Waals surface area (Å²) in [6.07, 6.45) is -1.18. The Bertz CT molecular complexity index is 798. The standard InChI is InChI=1S/C16H12Cl2FNO4/c1-8(15(22)20-13-4-3-10(19)7-12(13)18)24-16(23)11-6-9(17)2-5-14(11)21/h2-8,21H,1H3,(H,20,22)/t8-/m1/s1. The SMILES string of the molecule is C[C@@H](OC(=O)c1cc(Cl)ccc1O)C(=O)Nc1ccc(F)cc1Cl. The summed E-state index contributed by atoms with van der Waals surface area (Å²) in [7, 11) is 0. The molecular formula is C16H12Cl2FNO4.